The van der Waals surface area contributed by atoms with Crippen LogP contribution in [0.2, 0.25) is 0 Å². The number of rotatable bonds is 4. The summed E-state index contributed by atoms with van der Waals surface area (Å²) in [5, 5.41) is 18.7. The Bertz CT molecular complexity index is 506. The van der Waals surface area contributed by atoms with Crippen molar-refractivity contribution in [3.05, 3.63) is 35.9 Å². The number of nitrogens with zero attached hydrogens (tertiary/aromatic N) is 2. The number of urea groups is 1. The van der Waals surface area contributed by atoms with Gasteiger partial charge < -0.3 is 20.0 Å². The molecule has 0 bridgehead atoms. The SMILES string of the molecule is CN(CCc1ccccc1)C(=O)N1C[C@H](O)C[C@H]1C(=O)O. The molecule has 0 radical (unpaired) electrons. The van der Waals surface area contributed by atoms with E-state index in [0.29, 0.717) is 13.0 Å². The van der Waals surface area contributed by atoms with Gasteiger partial charge in [0.2, 0.25) is 0 Å². The number of likely N-dealkylation sites (tertiary alicyclic amines) is 1. The van der Waals surface area contributed by atoms with Crippen LogP contribution in [0.25, 0.3) is 0 Å². The highest BCUT2D eigenvalue weighted by Gasteiger charge is 2.39. The third-order valence-corrected chi connectivity index (χ3v) is 3.72. The van der Waals surface area contributed by atoms with Crippen LogP contribution in [0, 0.1) is 0 Å². The summed E-state index contributed by atoms with van der Waals surface area (Å²) in [5.74, 6) is -1.07. The Morgan fingerprint density at radius 2 is 2.00 bits per heavy atom. The van der Waals surface area contributed by atoms with Gasteiger partial charge in [0.05, 0.1) is 6.10 Å². The minimum atomic E-state index is -1.07. The number of carboxylic acid groups (broad SMARTS) is 1. The Morgan fingerprint density at radius 1 is 1.33 bits per heavy atom. The zero-order chi connectivity index (χ0) is 15.4. The minimum Gasteiger partial charge on any atom is -0.480 e. The van der Waals surface area contributed by atoms with E-state index in [1.165, 1.54) is 9.80 Å². The summed E-state index contributed by atoms with van der Waals surface area (Å²) in [4.78, 5) is 26.2. The van der Waals surface area contributed by atoms with E-state index in [9.17, 15) is 14.7 Å². The molecular formula is C15H20N2O4. The Balaban J connectivity index is 1.94. The van der Waals surface area contributed by atoms with Gasteiger partial charge in [-0.2, -0.15) is 0 Å². The maximum atomic E-state index is 12.3. The van der Waals surface area contributed by atoms with E-state index in [1.807, 2.05) is 30.3 Å². The first kappa shape index (κ1) is 15.3. The molecule has 2 rings (SSSR count). The van der Waals surface area contributed by atoms with E-state index in [-0.39, 0.29) is 19.0 Å². The van der Waals surface area contributed by atoms with Crippen LogP contribution < -0.4 is 0 Å². The molecule has 6 heteroatoms. The zero-order valence-corrected chi connectivity index (χ0v) is 12.0. The third kappa shape index (κ3) is 3.72. The van der Waals surface area contributed by atoms with Gasteiger partial charge in [-0.25, -0.2) is 9.59 Å². The van der Waals surface area contributed by atoms with Crippen LogP contribution in [-0.2, 0) is 11.2 Å². The maximum absolute atomic E-state index is 12.3. The van der Waals surface area contributed by atoms with Gasteiger partial charge in [-0.1, -0.05) is 30.3 Å². The Hall–Kier alpha value is -2.08. The minimum absolute atomic E-state index is 0.0749. The maximum Gasteiger partial charge on any atom is 0.326 e. The van der Waals surface area contributed by atoms with Crippen molar-refractivity contribution in [1.29, 1.82) is 0 Å². The second kappa shape index (κ2) is 6.58. The molecule has 0 spiro atoms. The normalized spacial score (nSPS) is 21.3. The quantitative estimate of drug-likeness (QED) is 0.860. The van der Waals surface area contributed by atoms with Crippen molar-refractivity contribution >= 4 is 12.0 Å². The highest BCUT2D eigenvalue weighted by Crippen LogP contribution is 2.19. The Morgan fingerprint density at radius 3 is 2.62 bits per heavy atom. The van der Waals surface area contributed by atoms with E-state index >= 15 is 0 Å². The van der Waals surface area contributed by atoms with Crippen molar-refractivity contribution < 1.29 is 19.8 Å². The molecule has 21 heavy (non-hydrogen) atoms. The highest BCUT2D eigenvalue weighted by molar-refractivity contribution is 5.83. The molecule has 0 aromatic heterocycles. The van der Waals surface area contributed by atoms with Crippen LogP contribution in [0.3, 0.4) is 0 Å². The molecule has 0 saturated carbocycles. The molecule has 114 valence electrons. The standard InChI is InChI=1S/C15H20N2O4/c1-16(8-7-11-5-3-2-4-6-11)15(21)17-10-12(18)9-13(17)14(19)20/h2-6,12-13,18H,7-10H2,1H3,(H,19,20)/t12-,13+/m1/s1. The number of benzene rings is 1. The summed E-state index contributed by atoms with van der Waals surface area (Å²) in [7, 11) is 1.65. The van der Waals surface area contributed by atoms with Gasteiger partial charge >= 0.3 is 12.0 Å². The molecule has 1 aliphatic rings. The lowest BCUT2D eigenvalue weighted by Crippen LogP contribution is -2.47. The number of carbonyl (C=O) groups is 2. The molecule has 1 aliphatic heterocycles. The molecular weight excluding hydrogens is 272 g/mol. The molecule has 0 aliphatic carbocycles. The summed E-state index contributed by atoms with van der Waals surface area (Å²) >= 11 is 0. The first-order valence-electron chi connectivity index (χ1n) is 6.95. The van der Waals surface area contributed by atoms with E-state index < -0.39 is 18.1 Å². The number of hydrogen-bond acceptors (Lipinski definition) is 3. The van der Waals surface area contributed by atoms with Crippen LogP contribution in [-0.4, -0.2) is 64.3 Å². The molecule has 1 aromatic rings. The number of aliphatic hydroxyl groups is 1. The molecule has 0 unspecified atom stereocenters. The van der Waals surface area contributed by atoms with Crippen LogP contribution in [0.15, 0.2) is 30.3 Å². The summed E-state index contributed by atoms with van der Waals surface area (Å²) in [6.45, 7) is 0.577. The van der Waals surface area contributed by atoms with Gasteiger partial charge in [0.25, 0.3) is 0 Å². The molecule has 2 atom stereocenters. The second-order valence-corrected chi connectivity index (χ2v) is 5.34. The number of hydrogen-bond donors (Lipinski definition) is 2. The zero-order valence-electron chi connectivity index (χ0n) is 12.0. The molecule has 6 nitrogen and oxygen atoms in total. The van der Waals surface area contributed by atoms with Gasteiger partial charge in [-0.05, 0) is 12.0 Å². The lowest BCUT2D eigenvalue weighted by molar-refractivity contribution is -0.141. The number of amides is 2. The Kier molecular flexibility index (Phi) is 4.80. The monoisotopic (exact) mass is 292 g/mol. The van der Waals surface area contributed by atoms with Crippen molar-refractivity contribution in [2.75, 3.05) is 20.1 Å². The van der Waals surface area contributed by atoms with E-state index in [4.69, 9.17) is 5.11 Å². The number of carboxylic acids is 1. The summed E-state index contributed by atoms with van der Waals surface area (Å²) in [5.41, 5.74) is 1.12. The topological polar surface area (TPSA) is 81.1 Å². The lowest BCUT2D eigenvalue weighted by Gasteiger charge is -2.27. The molecule has 1 aromatic carbocycles. The van der Waals surface area contributed by atoms with Crippen molar-refractivity contribution in [1.82, 2.24) is 9.80 Å². The van der Waals surface area contributed by atoms with Crippen molar-refractivity contribution in [3.8, 4) is 0 Å². The van der Waals surface area contributed by atoms with E-state index in [2.05, 4.69) is 0 Å². The fourth-order valence-corrected chi connectivity index (χ4v) is 2.52. The summed E-state index contributed by atoms with van der Waals surface area (Å²) in [6.07, 6.45) is 0.0303. The van der Waals surface area contributed by atoms with Crippen molar-refractivity contribution in [3.63, 3.8) is 0 Å². The molecule has 1 saturated heterocycles. The summed E-state index contributed by atoms with van der Waals surface area (Å²) < 4.78 is 0. The molecule has 1 fully saturated rings. The van der Waals surface area contributed by atoms with Crippen LogP contribution in [0.5, 0.6) is 0 Å². The average Bonchev–Trinajstić information content (AvgIpc) is 2.87. The summed E-state index contributed by atoms with van der Waals surface area (Å²) in [6, 6.07) is 8.49. The largest absolute Gasteiger partial charge is 0.480 e. The first-order chi connectivity index (χ1) is 9.99. The van der Waals surface area contributed by atoms with E-state index in [1.54, 1.807) is 7.05 Å². The fraction of sp³-hybridized carbons (Fsp3) is 0.467. The van der Waals surface area contributed by atoms with E-state index in [0.717, 1.165) is 5.56 Å². The first-order valence-corrected chi connectivity index (χ1v) is 6.95. The highest BCUT2D eigenvalue weighted by atomic mass is 16.4. The molecule has 2 N–H and O–H groups in total. The predicted molar refractivity (Wildman–Crippen MR) is 76.9 cm³/mol. The fourth-order valence-electron chi connectivity index (χ4n) is 2.52. The number of carbonyl (C=O) groups excluding carboxylic acids is 1. The third-order valence-electron chi connectivity index (χ3n) is 3.72. The predicted octanol–water partition coefficient (Wildman–Crippen LogP) is 0.801. The number of likely N-dealkylation sites (N-methyl/N-ethyl adjacent to an activating group) is 1. The average molecular weight is 292 g/mol. The van der Waals surface area contributed by atoms with Gasteiger partial charge in [-0.3, -0.25) is 0 Å². The van der Waals surface area contributed by atoms with Crippen LogP contribution >= 0.6 is 0 Å². The van der Waals surface area contributed by atoms with Gasteiger partial charge in [-0.15, -0.1) is 0 Å². The van der Waals surface area contributed by atoms with Crippen molar-refractivity contribution in [2.24, 2.45) is 0 Å². The number of aliphatic carboxylic acids is 1. The van der Waals surface area contributed by atoms with Crippen LogP contribution in [0.4, 0.5) is 4.79 Å². The van der Waals surface area contributed by atoms with Gasteiger partial charge in [0.1, 0.15) is 6.04 Å². The second-order valence-electron chi connectivity index (χ2n) is 5.34. The molecule has 2 amide bonds. The van der Waals surface area contributed by atoms with Gasteiger partial charge in [0.15, 0.2) is 0 Å². The lowest BCUT2D eigenvalue weighted by atomic mass is 10.1. The smallest absolute Gasteiger partial charge is 0.326 e. The van der Waals surface area contributed by atoms with Crippen LogP contribution in [0.1, 0.15) is 12.0 Å². The number of β-amino-alcohol motifs (C(OH)–C–C–N with tert-alkyl or cyclic N) is 1. The Labute approximate surface area is 123 Å². The van der Waals surface area contributed by atoms with Crippen molar-refractivity contribution in [2.45, 2.75) is 25.0 Å². The molecule has 1 heterocycles. The number of aliphatic hydroxyl groups excluding tert-OH is 1. The van der Waals surface area contributed by atoms with Gasteiger partial charge in [0, 0.05) is 26.6 Å².